The Morgan fingerprint density at radius 3 is 2.58 bits per heavy atom. The van der Waals surface area contributed by atoms with Crippen LogP contribution in [0.25, 0.3) is 0 Å². The number of amidine groups is 1. The first-order valence-electron chi connectivity index (χ1n) is 5.74. The van der Waals surface area contributed by atoms with Crippen LogP contribution in [-0.4, -0.2) is 42.0 Å². The smallest absolute Gasteiger partial charge is 0.248 e. The minimum absolute atomic E-state index is 0.0209. The highest BCUT2D eigenvalue weighted by molar-refractivity contribution is 7.89. The van der Waals surface area contributed by atoms with Gasteiger partial charge < -0.3 is 15.5 Å². The van der Waals surface area contributed by atoms with Crippen LogP contribution in [0.15, 0.2) is 14.6 Å². The summed E-state index contributed by atoms with van der Waals surface area (Å²) < 4.78 is 31.0. The highest BCUT2D eigenvalue weighted by Gasteiger charge is 2.29. The molecule has 0 aliphatic carbocycles. The standard InChI is InChI=1S/C10H18N4O4S/c1-4-14(6-5-9(11)12-15)19(16,17)10-7(2)13-18-8(10)3/h15H,4-6H2,1-3H3,(H2,11,12). The third-order valence-electron chi connectivity index (χ3n) is 2.66. The van der Waals surface area contributed by atoms with Gasteiger partial charge in [0.05, 0.1) is 0 Å². The highest BCUT2D eigenvalue weighted by Crippen LogP contribution is 2.23. The molecule has 0 aromatic carbocycles. The lowest BCUT2D eigenvalue weighted by atomic mass is 10.4. The van der Waals surface area contributed by atoms with Gasteiger partial charge in [0.1, 0.15) is 16.4 Å². The van der Waals surface area contributed by atoms with Crippen LogP contribution < -0.4 is 5.73 Å². The quantitative estimate of drug-likeness (QED) is 0.339. The number of aromatic nitrogens is 1. The van der Waals surface area contributed by atoms with E-state index in [1.54, 1.807) is 20.8 Å². The number of oxime groups is 1. The normalized spacial score (nSPS) is 13.2. The van der Waals surface area contributed by atoms with Crippen molar-refractivity contribution in [3.63, 3.8) is 0 Å². The zero-order valence-electron chi connectivity index (χ0n) is 11.1. The van der Waals surface area contributed by atoms with Gasteiger partial charge >= 0.3 is 0 Å². The summed E-state index contributed by atoms with van der Waals surface area (Å²) in [6, 6.07) is 0. The first-order chi connectivity index (χ1) is 8.84. The van der Waals surface area contributed by atoms with Crippen LogP contribution in [0.5, 0.6) is 0 Å². The molecule has 3 N–H and O–H groups in total. The lowest BCUT2D eigenvalue weighted by molar-refractivity contribution is 0.315. The minimum Gasteiger partial charge on any atom is -0.409 e. The average molecular weight is 290 g/mol. The number of hydrogen-bond acceptors (Lipinski definition) is 6. The molecule has 108 valence electrons. The summed E-state index contributed by atoms with van der Waals surface area (Å²) >= 11 is 0. The van der Waals surface area contributed by atoms with E-state index in [1.165, 1.54) is 4.31 Å². The van der Waals surface area contributed by atoms with E-state index in [4.69, 9.17) is 15.5 Å². The molecule has 0 bridgehead atoms. The van der Waals surface area contributed by atoms with Gasteiger partial charge in [0.25, 0.3) is 0 Å². The van der Waals surface area contributed by atoms with Crippen molar-refractivity contribution < 1.29 is 18.1 Å². The van der Waals surface area contributed by atoms with Crippen molar-refractivity contribution >= 4 is 15.9 Å². The Kier molecular flexibility index (Phi) is 4.90. The zero-order valence-corrected chi connectivity index (χ0v) is 11.9. The molecule has 1 heterocycles. The number of aryl methyl sites for hydroxylation is 2. The first kappa shape index (κ1) is 15.4. The summed E-state index contributed by atoms with van der Waals surface area (Å²) in [4.78, 5) is 0.0776. The lowest BCUT2D eigenvalue weighted by Crippen LogP contribution is -2.34. The second-order valence-corrected chi connectivity index (χ2v) is 5.87. The van der Waals surface area contributed by atoms with Gasteiger partial charge in [-0.25, -0.2) is 8.42 Å². The second kappa shape index (κ2) is 6.02. The van der Waals surface area contributed by atoms with Crippen molar-refractivity contribution in [2.45, 2.75) is 32.1 Å². The fraction of sp³-hybridized carbons (Fsp3) is 0.600. The first-order valence-corrected chi connectivity index (χ1v) is 7.18. The van der Waals surface area contributed by atoms with E-state index in [-0.39, 0.29) is 36.0 Å². The minimum atomic E-state index is -3.69. The summed E-state index contributed by atoms with van der Waals surface area (Å²) in [6.07, 6.45) is 0.146. The summed E-state index contributed by atoms with van der Waals surface area (Å²) in [6.45, 7) is 5.22. The summed E-state index contributed by atoms with van der Waals surface area (Å²) in [5, 5.41) is 14.9. The van der Waals surface area contributed by atoms with Crippen molar-refractivity contribution in [3.8, 4) is 0 Å². The molecule has 0 radical (unpaired) electrons. The van der Waals surface area contributed by atoms with Crippen LogP contribution in [-0.2, 0) is 10.0 Å². The molecular weight excluding hydrogens is 272 g/mol. The monoisotopic (exact) mass is 290 g/mol. The number of nitrogens with zero attached hydrogens (tertiary/aromatic N) is 3. The Morgan fingerprint density at radius 2 is 2.16 bits per heavy atom. The van der Waals surface area contributed by atoms with Gasteiger partial charge in [-0.1, -0.05) is 17.2 Å². The van der Waals surface area contributed by atoms with Crippen LogP contribution in [0.4, 0.5) is 0 Å². The molecule has 1 aromatic heterocycles. The SMILES string of the molecule is CCN(CCC(N)=NO)S(=O)(=O)c1c(C)noc1C. The molecule has 1 rings (SSSR count). The Morgan fingerprint density at radius 1 is 1.53 bits per heavy atom. The summed E-state index contributed by atoms with van der Waals surface area (Å²) in [5.74, 6) is 0.229. The molecule has 0 atom stereocenters. The van der Waals surface area contributed by atoms with Crippen molar-refractivity contribution in [1.29, 1.82) is 0 Å². The maximum Gasteiger partial charge on any atom is 0.248 e. The van der Waals surface area contributed by atoms with Crippen LogP contribution in [0, 0.1) is 13.8 Å². The summed E-state index contributed by atoms with van der Waals surface area (Å²) in [5.41, 5.74) is 5.66. The van der Waals surface area contributed by atoms with Crippen LogP contribution in [0.1, 0.15) is 24.8 Å². The van der Waals surface area contributed by atoms with Crippen molar-refractivity contribution in [2.75, 3.05) is 13.1 Å². The van der Waals surface area contributed by atoms with Gasteiger partial charge in [-0.2, -0.15) is 4.31 Å². The van der Waals surface area contributed by atoms with E-state index in [0.29, 0.717) is 5.69 Å². The molecule has 0 saturated carbocycles. The Balaban J connectivity index is 3.03. The van der Waals surface area contributed by atoms with Gasteiger partial charge in [-0.3, -0.25) is 0 Å². The molecule has 0 saturated heterocycles. The van der Waals surface area contributed by atoms with Crippen LogP contribution >= 0.6 is 0 Å². The van der Waals surface area contributed by atoms with Gasteiger partial charge in [0.2, 0.25) is 10.0 Å². The van der Waals surface area contributed by atoms with Crippen LogP contribution in [0.2, 0.25) is 0 Å². The largest absolute Gasteiger partial charge is 0.409 e. The molecule has 0 amide bonds. The van der Waals surface area contributed by atoms with Crippen LogP contribution in [0.3, 0.4) is 0 Å². The molecule has 1 aromatic rings. The summed E-state index contributed by atoms with van der Waals surface area (Å²) in [7, 11) is -3.69. The fourth-order valence-corrected chi connectivity index (χ4v) is 3.45. The predicted molar refractivity (Wildman–Crippen MR) is 68.4 cm³/mol. The van der Waals surface area contributed by atoms with E-state index in [1.807, 2.05) is 0 Å². The second-order valence-electron chi connectivity index (χ2n) is 3.99. The number of rotatable bonds is 6. The molecule has 19 heavy (non-hydrogen) atoms. The molecule has 0 fully saturated rings. The topological polar surface area (TPSA) is 122 Å². The zero-order chi connectivity index (χ0) is 14.6. The average Bonchev–Trinajstić information content (AvgIpc) is 2.69. The Hall–Kier alpha value is -1.61. The molecule has 0 unspecified atom stereocenters. The molecule has 9 heteroatoms. The maximum atomic E-state index is 12.4. The Bertz CT molecular complexity index is 545. The van der Waals surface area contributed by atoms with E-state index in [0.717, 1.165) is 0 Å². The van der Waals surface area contributed by atoms with Crippen molar-refractivity contribution in [2.24, 2.45) is 10.9 Å². The maximum absolute atomic E-state index is 12.4. The van der Waals surface area contributed by atoms with E-state index >= 15 is 0 Å². The van der Waals surface area contributed by atoms with E-state index < -0.39 is 10.0 Å². The molecule has 0 aliphatic heterocycles. The van der Waals surface area contributed by atoms with E-state index in [2.05, 4.69) is 10.3 Å². The van der Waals surface area contributed by atoms with Gasteiger partial charge in [0.15, 0.2) is 5.76 Å². The fourth-order valence-electron chi connectivity index (χ4n) is 1.71. The van der Waals surface area contributed by atoms with Gasteiger partial charge in [0, 0.05) is 19.5 Å². The van der Waals surface area contributed by atoms with Crippen molar-refractivity contribution in [3.05, 3.63) is 11.5 Å². The lowest BCUT2D eigenvalue weighted by Gasteiger charge is -2.19. The number of sulfonamides is 1. The predicted octanol–water partition coefficient (Wildman–Crippen LogP) is 0.439. The molecule has 0 spiro atoms. The van der Waals surface area contributed by atoms with E-state index in [9.17, 15) is 8.42 Å². The molecular formula is C10H18N4O4S. The van der Waals surface area contributed by atoms with Gasteiger partial charge in [-0.15, -0.1) is 0 Å². The van der Waals surface area contributed by atoms with Gasteiger partial charge in [-0.05, 0) is 13.8 Å². The molecule has 0 aliphatic rings. The number of hydrogen-bond donors (Lipinski definition) is 2. The molecule has 8 nitrogen and oxygen atoms in total. The number of nitrogens with two attached hydrogens (primary N) is 1. The Labute approximate surface area is 111 Å². The van der Waals surface area contributed by atoms with Crippen molar-refractivity contribution in [1.82, 2.24) is 9.46 Å². The highest BCUT2D eigenvalue weighted by atomic mass is 32.2. The third kappa shape index (κ3) is 3.24. The third-order valence-corrected chi connectivity index (χ3v) is 4.88.